The zero-order valence-electron chi connectivity index (χ0n) is 17.9. The Balaban J connectivity index is 2.28. The van der Waals surface area contributed by atoms with E-state index in [9.17, 15) is 14.4 Å². The van der Waals surface area contributed by atoms with Gasteiger partial charge in [-0.3, -0.25) is 25.2 Å². The van der Waals surface area contributed by atoms with E-state index < -0.39 is 12.0 Å². The van der Waals surface area contributed by atoms with Crippen LogP contribution in [0.25, 0.3) is 0 Å². The lowest BCUT2D eigenvalue weighted by molar-refractivity contribution is -0.145. The molecular weight excluding hydrogens is 370 g/mol. The molecule has 160 valence electrons. The largest absolute Gasteiger partial charge is 0.496 e. The molecule has 1 heterocycles. The second-order valence-corrected chi connectivity index (χ2v) is 7.91. The molecule has 7 heteroatoms. The standard InChI is InChI=1S/C22H33N3O4/c1-5-6-13-25-20(27)12-11-17(22(28)24-23-19(26)14-15(2)3)21(25)16-9-7-8-10-18(16)29-4/h7-10,15,17,21H,5-6,11-14H2,1-4H3,(H,23,26)(H,24,28). The molecule has 3 amide bonds. The summed E-state index contributed by atoms with van der Waals surface area (Å²) in [7, 11) is 1.58. The van der Waals surface area contributed by atoms with Crippen molar-refractivity contribution in [2.45, 2.75) is 58.9 Å². The number of ether oxygens (including phenoxy) is 1. The zero-order valence-corrected chi connectivity index (χ0v) is 17.9. The lowest BCUT2D eigenvalue weighted by atomic mass is 9.83. The number of rotatable bonds is 8. The monoisotopic (exact) mass is 403 g/mol. The van der Waals surface area contributed by atoms with Crippen molar-refractivity contribution in [2.75, 3.05) is 13.7 Å². The first-order chi connectivity index (χ1) is 13.9. The van der Waals surface area contributed by atoms with Gasteiger partial charge in [-0.05, 0) is 24.8 Å². The summed E-state index contributed by atoms with van der Waals surface area (Å²) in [6, 6.07) is 7.06. The summed E-state index contributed by atoms with van der Waals surface area (Å²) in [6.07, 6.45) is 2.88. The summed E-state index contributed by atoms with van der Waals surface area (Å²) in [5.41, 5.74) is 5.89. The Morgan fingerprint density at radius 1 is 1.24 bits per heavy atom. The van der Waals surface area contributed by atoms with E-state index in [-0.39, 0.29) is 23.6 Å². The molecule has 1 fully saturated rings. The van der Waals surface area contributed by atoms with E-state index in [4.69, 9.17) is 4.74 Å². The van der Waals surface area contributed by atoms with Crippen molar-refractivity contribution in [1.29, 1.82) is 0 Å². The Morgan fingerprint density at radius 2 is 1.97 bits per heavy atom. The number of nitrogens with zero attached hydrogens (tertiary/aromatic N) is 1. The number of carbonyl (C=O) groups is 3. The van der Waals surface area contributed by atoms with E-state index in [0.717, 1.165) is 18.4 Å². The van der Waals surface area contributed by atoms with Gasteiger partial charge >= 0.3 is 0 Å². The van der Waals surface area contributed by atoms with Gasteiger partial charge < -0.3 is 9.64 Å². The molecule has 0 bridgehead atoms. The first-order valence-corrected chi connectivity index (χ1v) is 10.4. The molecule has 0 aliphatic carbocycles. The number of hydrogen-bond acceptors (Lipinski definition) is 4. The maximum Gasteiger partial charge on any atom is 0.243 e. The number of unbranched alkanes of at least 4 members (excludes halogenated alkanes) is 1. The van der Waals surface area contributed by atoms with Gasteiger partial charge in [0.25, 0.3) is 0 Å². The van der Waals surface area contributed by atoms with Crippen LogP contribution < -0.4 is 15.6 Å². The minimum absolute atomic E-state index is 0.0437. The van der Waals surface area contributed by atoms with Crippen LogP contribution >= 0.6 is 0 Å². The summed E-state index contributed by atoms with van der Waals surface area (Å²) >= 11 is 0. The molecule has 7 nitrogen and oxygen atoms in total. The fraction of sp³-hybridized carbons (Fsp3) is 0.591. The second-order valence-electron chi connectivity index (χ2n) is 7.91. The maximum absolute atomic E-state index is 13.0. The molecule has 2 N–H and O–H groups in total. The first kappa shape index (κ1) is 22.7. The molecule has 2 rings (SSSR count). The minimum Gasteiger partial charge on any atom is -0.496 e. The fourth-order valence-corrected chi connectivity index (χ4v) is 3.76. The number of hydrazine groups is 1. The predicted octanol–water partition coefficient (Wildman–Crippen LogP) is 2.97. The van der Waals surface area contributed by atoms with Gasteiger partial charge in [-0.25, -0.2) is 0 Å². The normalized spacial score (nSPS) is 19.2. The molecular formula is C22H33N3O4. The lowest BCUT2D eigenvalue weighted by Gasteiger charge is -2.41. The van der Waals surface area contributed by atoms with E-state index in [0.29, 0.717) is 31.6 Å². The molecule has 1 saturated heterocycles. The number of benzene rings is 1. The van der Waals surface area contributed by atoms with Gasteiger partial charge in [-0.15, -0.1) is 0 Å². The van der Waals surface area contributed by atoms with Crippen molar-refractivity contribution in [1.82, 2.24) is 15.8 Å². The number of likely N-dealkylation sites (tertiary alicyclic amines) is 1. The highest BCUT2D eigenvalue weighted by Crippen LogP contribution is 2.40. The van der Waals surface area contributed by atoms with Crippen molar-refractivity contribution in [3.8, 4) is 5.75 Å². The lowest BCUT2D eigenvalue weighted by Crippen LogP contribution is -2.52. The van der Waals surface area contributed by atoms with Gasteiger partial charge in [-0.2, -0.15) is 0 Å². The van der Waals surface area contributed by atoms with Crippen molar-refractivity contribution in [3.63, 3.8) is 0 Å². The summed E-state index contributed by atoms with van der Waals surface area (Å²) in [5, 5.41) is 0. The Labute approximate surface area is 173 Å². The van der Waals surface area contributed by atoms with Crippen LogP contribution in [0.5, 0.6) is 5.75 Å². The van der Waals surface area contributed by atoms with Crippen LogP contribution in [-0.4, -0.2) is 36.3 Å². The number of nitrogens with one attached hydrogen (secondary N) is 2. The van der Waals surface area contributed by atoms with Crippen LogP contribution in [0.2, 0.25) is 0 Å². The Morgan fingerprint density at radius 3 is 2.62 bits per heavy atom. The molecule has 1 aromatic rings. The second kappa shape index (κ2) is 10.8. The molecule has 0 spiro atoms. The van der Waals surface area contributed by atoms with Crippen LogP contribution in [0.4, 0.5) is 0 Å². The highest BCUT2D eigenvalue weighted by Gasteiger charge is 2.41. The first-order valence-electron chi connectivity index (χ1n) is 10.4. The highest BCUT2D eigenvalue weighted by atomic mass is 16.5. The average Bonchev–Trinajstić information content (AvgIpc) is 2.70. The summed E-state index contributed by atoms with van der Waals surface area (Å²) in [4.78, 5) is 39.5. The smallest absolute Gasteiger partial charge is 0.243 e. The Bertz CT molecular complexity index is 720. The van der Waals surface area contributed by atoms with Gasteiger partial charge in [0.2, 0.25) is 17.7 Å². The number of methoxy groups -OCH3 is 1. The van der Waals surface area contributed by atoms with Gasteiger partial charge in [0.05, 0.1) is 19.1 Å². The molecule has 1 aliphatic rings. The van der Waals surface area contributed by atoms with Crippen LogP contribution in [0.3, 0.4) is 0 Å². The summed E-state index contributed by atoms with van der Waals surface area (Å²) in [5.74, 6) is -0.0909. The topological polar surface area (TPSA) is 87.7 Å². The van der Waals surface area contributed by atoms with E-state index in [1.165, 1.54) is 0 Å². The van der Waals surface area contributed by atoms with Crippen molar-refractivity contribution < 1.29 is 19.1 Å². The van der Waals surface area contributed by atoms with E-state index >= 15 is 0 Å². The average molecular weight is 404 g/mol. The summed E-state index contributed by atoms with van der Waals surface area (Å²) in [6.45, 7) is 6.54. The van der Waals surface area contributed by atoms with Crippen molar-refractivity contribution >= 4 is 17.7 Å². The van der Waals surface area contributed by atoms with Crippen LogP contribution in [0.1, 0.15) is 64.5 Å². The van der Waals surface area contributed by atoms with E-state index in [1.807, 2.05) is 38.1 Å². The van der Waals surface area contributed by atoms with Gasteiger partial charge in [-0.1, -0.05) is 45.4 Å². The van der Waals surface area contributed by atoms with Crippen molar-refractivity contribution in [2.24, 2.45) is 11.8 Å². The molecule has 29 heavy (non-hydrogen) atoms. The number of carbonyl (C=O) groups excluding carboxylic acids is 3. The fourth-order valence-electron chi connectivity index (χ4n) is 3.76. The third kappa shape index (κ3) is 5.95. The molecule has 0 radical (unpaired) electrons. The number of para-hydroxylation sites is 1. The summed E-state index contributed by atoms with van der Waals surface area (Å²) < 4.78 is 5.52. The predicted molar refractivity (Wildman–Crippen MR) is 111 cm³/mol. The highest BCUT2D eigenvalue weighted by molar-refractivity contribution is 5.87. The molecule has 1 aliphatic heterocycles. The zero-order chi connectivity index (χ0) is 21.4. The van der Waals surface area contributed by atoms with E-state index in [1.54, 1.807) is 12.0 Å². The van der Waals surface area contributed by atoms with Crippen LogP contribution in [0.15, 0.2) is 24.3 Å². The molecule has 2 unspecified atom stereocenters. The third-order valence-electron chi connectivity index (χ3n) is 5.17. The van der Waals surface area contributed by atoms with Gasteiger partial charge in [0, 0.05) is 24.9 Å². The van der Waals surface area contributed by atoms with Crippen molar-refractivity contribution in [3.05, 3.63) is 29.8 Å². The molecule has 0 aromatic heterocycles. The van der Waals surface area contributed by atoms with Crippen LogP contribution in [0, 0.1) is 11.8 Å². The Hall–Kier alpha value is -2.57. The number of piperidine rings is 1. The van der Waals surface area contributed by atoms with Gasteiger partial charge in [0.1, 0.15) is 5.75 Å². The van der Waals surface area contributed by atoms with Gasteiger partial charge in [0.15, 0.2) is 0 Å². The number of amides is 3. The third-order valence-corrected chi connectivity index (χ3v) is 5.17. The maximum atomic E-state index is 13.0. The quantitative estimate of drug-likeness (QED) is 0.653. The molecule has 2 atom stereocenters. The molecule has 0 saturated carbocycles. The Kier molecular flexibility index (Phi) is 8.49. The SMILES string of the molecule is CCCCN1C(=O)CCC(C(=O)NNC(=O)CC(C)C)C1c1ccccc1OC. The minimum atomic E-state index is -0.472. The van der Waals surface area contributed by atoms with E-state index in [2.05, 4.69) is 17.8 Å². The molecule has 1 aromatic carbocycles. The van der Waals surface area contributed by atoms with Crippen LogP contribution in [-0.2, 0) is 14.4 Å². The number of hydrogen-bond donors (Lipinski definition) is 2.